The van der Waals surface area contributed by atoms with Gasteiger partial charge in [-0.3, -0.25) is 0 Å². The van der Waals surface area contributed by atoms with Crippen molar-refractivity contribution in [2.75, 3.05) is 0 Å². The van der Waals surface area contributed by atoms with Crippen molar-refractivity contribution in [3.05, 3.63) is 34.6 Å². The van der Waals surface area contributed by atoms with Gasteiger partial charge in [-0.05, 0) is 42.3 Å². The number of nitrogens with zero attached hydrogens (tertiary/aromatic N) is 4. The number of hydrogen-bond acceptors (Lipinski definition) is 5. The molecule has 1 N–H and O–H groups in total. The topological polar surface area (TPSA) is 89.8 Å². The summed E-state index contributed by atoms with van der Waals surface area (Å²) < 4.78 is 28.8. The van der Waals surface area contributed by atoms with Crippen molar-refractivity contribution in [2.45, 2.75) is 32.2 Å². The van der Waals surface area contributed by atoms with Gasteiger partial charge in [0.05, 0.1) is 11.4 Å². The Hall–Kier alpha value is -1.80. The number of aromatic nitrogens is 4. The van der Waals surface area contributed by atoms with Crippen LogP contribution in [0.25, 0.3) is 0 Å². The Labute approximate surface area is 118 Å². The molecule has 2 aromatic rings. The molecule has 0 radical (unpaired) electrons. The summed E-state index contributed by atoms with van der Waals surface area (Å²) in [6.07, 6.45) is 0. The normalized spacial score (nSPS) is 11.8. The molecule has 1 heterocycles. The number of benzene rings is 1. The van der Waals surface area contributed by atoms with Crippen LogP contribution in [0.15, 0.2) is 17.0 Å². The standard InChI is InChI=1S/C12H17N5O2S/c1-8-5-9(2)12(10(3)6-8)20(18,19)13-7-11-14-15-16-17(11)4/h5-6,13H,7H2,1-4H3. The monoisotopic (exact) mass is 295 g/mol. The van der Waals surface area contributed by atoms with Crippen LogP contribution in [0.3, 0.4) is 0 Å². The third-order valence-electron chi connectivity index (χ3n) is 3.00. The van der Waals surface area contributed by atoms with E-state index >= 15 is 0 Å². The maximum atomic E-state index is 12.4. The fraction of sp³-hybridized carbons (Fsp3) is 0.417. The second kappa shape index (κ2) is 5.29. The van der Waals surface area contributed by atoms with Gasteiger partial charge in [0, 0.05) is 7.05 Å². The minimum absolute atomic E-state index is 0.0542. The molecule has 0 fully saturated rings. The summed E-state index contributed by atoms with van der Waals surface area (Å²) >= 11 is 0. The first-order valence-corrected chi connectivity index (χ1v) is 7.58. The average molecular weight is 295 g/mol. The van der Waals surface area contributed by atoms with Crippen LogP contribution in [-0.2, 0) is 23.6 Å². The third-order valence-corrected chi connectivity index (χ3v) is 4.71. The molecular formula is C12H17N5O2S. The number of sulfonamides is 1. The minimum Gasteiger partial charge on any atom is -0.231 e. The molecule has 0 aliphatic rings. The van der Waals surface area contributed by atoms with Gasteiger partial charge in [0.1, 0.15) is 0 Å². The predicted octanol–water partition coefficient (Wildman–Crippen LogP) is 0.614. The highest BCUT2D eigenvalue weighted by atomic mass is 32.2. The number of nitrogens with one attached hydrogen (secondary N) is 1. The molecule has 0 aliphatic heterocycles. The van der Waals surface area contributed by atoms with Crippen molar-refractivity contribution < 1.29 is 8.42 Å². The summed E-state index contributed by atoms with van der Waals surface area (Å²) in [5, 5.41) is 10.9. The second-order valence-electron chi connectivity index (χ2n) is 4.77. The first-order chi connectivity index (χ1) is 9.31. The number of rotatable bonds is 4. The van der Waals surface area contributed by atoms with Crippen molar-refractivity contribution in [1.29, 1.82) is 0 Å². The summed E-state index contributed by atoms with van der Waals surface area (Å²) in [6, 6.07) is 3.71. The molecule has 0 amide bonds. The van der Waals surface area contributed by atoms with E-state index in [0.29, 0.717) is 10.7 Å². The highest BCUT2D eigenvalue weighted by Gasteiger charge is 2.20. The number of tetrazole rings is 1. The van der Waals surface area contributed by atoms with Gasteiger partial charge in [0.2, 0.25) is 10.0 Å². The van der Waals surface area contributed by atoms with E-state index < -0.39 is 10.0 Å². The Morgan fingerprint density at radius 3 is 2.30 bits per heavy atom. The Kier molecular flexibility index (Phi) is 3.87. The van der Waals surface area contributed by atoms with E-state index in [2.05, 4.69) is 20.2 Å². The van der Waals surface area contributed by atoms with Crippen LogP contribution >= 0.6 is 0 Å². The lowest BCUT2D eigenvalue weighted by Crippen LogP contribution is -2.26. The Balaban J connectivity index is 2.30. The predicted molar refractivity (Wildman–Crippen MR) is 73.5 cm³/mol. The molecule has 0 saturated carbocycles. The van der Waals surface area contributed by atoms with Gasteiger partial charge in [0.25, 0.3) is 0 Å². The molecule has 0 saturated heterocycles. The largest absolute Gasteiger partial charge is 0.241 e. The van der Waals surface area contributed by atoms with Gasteiger partial charge in [-0.25, -0.2) is 17.8 Å². The van der Waals surface area contributed by atoms with E-state index in [4.69, 9.17) is 0 Å². The average Bonchev–Trinajstić information content (AvgIpc) is 2.70. The van der Waals surface area contributed by atoms with E-state index in [0.717, 1.165) is 16.7 Å². The third kappa shape index (κ3) is 2.86. The van der Waals surface area contributed by atoms with Crippen LogP contribution in [0.2, 0.25) is 0 Å². The van der Waals surface area contributed by atoms with Crippen LogP contribution in [0.5, 0.6) is 0 Å². The minimum atomic E-state index is -3.59. The zero-order valence-electron chi connectivity index (χ0n) is 11.9. The molecule has 0 unspecified atom stereocenters. The van der Waals surface area contributed by atoms with Gasteiger partial charge in [0.15, 0.2) is 5.82 Å². The van der Waals surface area contributed by atoms with Crippen molar-refractivity contribution in [3.63, 3.8) is 0 Å². The smallest absolute Gasteiger partial charge is 0.231 e. The lowest BCUT2D eigenvalue weighted by atomic mass is 10.1. The molecule has 0 atom stereocenters. The van der Waals surface area contributed by atoms with E-state index in [1.54, 1.807) is 20.9 Å². The summed E-state index contributed by atoms with van der Waals surface area (Å²) in [7, 11) is -1.93. The molecule has 8 heteroatoms. The van der Waals surface area contributed by atoms with E-state index in [1.165, 1.54) is 4.68 Å². The number of hydrogen-bond donors (Lipinski definition) is 1. The molecule has 0 bridgehead atoms. The van der Waals surface area contributed by atoms with Crippen LogP contribution in [-0.4, -0.2) is 28.6 Å². The maximum Gasteiger partial charge on any atom is 0.241 e. The molecule has 0 aliphatic carbocycles. The van der Waals surface area contributed by atoms with Crippen molar-refractivity contribution >= 4 is 10.0 Å². The van der Waals surface area contributed by atoms with Crippen LogP contribution in [0, 0.1) is 20.8 Å². The summed E-state index contributed by atoms with van der Waals surface area (Å²) in [4.78, 5) is 0.318. The van der Waals surface area contributed by atoms with Crippen LogP contribution < -0.4 is 4.72 Å². The Morgan fingerprint density at radius 2 is 1.80 bits per heavy atom. The summed E-state index contributed by atoms with van der Waals surface area (Å²) in [6.45, 7) is 5.57. The van der Waals surface area contributed by atoms with Gasteiger partial charge in [-0.1, -0.05) is 17.7 Å². The first-order valence-electron chi connectivity index (χ1n) is 6.10. The molecule has 1 aromatic carbocycles. The van der Waals surface area contributed by atoms with Crippen molar-refractivity contribution in [2.24, 2.45) is 7.05 Å². The molecule has 7 nitrogen and oxygen atoms in total. The lowest BCUT2D eigenvalue weighted by Gasteiger charge is -2.12. The molecule has 108 valence electrons. The van der Waals surface area contributed by atoms with E-state index in [9.17, 15) is 8.42 Å². The molecule has 1 aromatic heterocycles. The molecule has 20 heavy (non-hydrogen) atoms. The Morgan fingerprint density at radius 1 is 1.20 bits per heavy atom. The zero-order chi connectivity index (χ0) is 14.9. The SMILES string of the molecule is Cc1cc(C)c(S(=O)(=O)NCc2nnnn2C)c(C)c1. The Bertz CT molecular complexity index is 713. The molecule has 0 spiro atoms. The molecule has 2 rings (SSSR count). The van der Waals surface area contributed by atoms with Crippen LogP contribution in [0.1, 0.15) is 22.5 Å². The summed E-state index contributed by atoms with van der Waals surface area (Å²) in [5.74, 6) is 0.455. The van der Waals surface area contributed by atoms with Crippen molar-refractivity contribution in [3.8, 4) is 0 Å². The highest BCUT2D eigenvalue weighted by molar-refractivity contribution is 7.89. The van der Waals surface area contributed by atoms with E-state index in [1.807, 2.05) is 19.1 Å². The van der Waals surface area contributed by atoms with Crippen LogP contribution in [0.4, 0.5) is 0 Å². The summed E-state index contributed by atoms with van der Waals surface area (Å²) in [5.41, 5.74) is 2.49. The first kappa shape index (κ1) is 14.6. The van der Waals surface area contributed by atoms with Gasteiger partial charge in [-0.15, -0.1) is 5.10 Å². The van der Waals surface area contributed by atoms with Gasteiger partial charge >= 0.3 is 0 Å². The van der Waals surface area contributed by atoms with Gasteiger partial charge < -0.3 is 0 Å². The fourth-order valence-corrected chi connectivity index (χ4v) is 3.65. The second-order valence-corrected chi connectivity index (χ2v) is 6.47. The van der Waals surface area contributed by atoms with E-state index in [-0.39, 0.29) is 6.54 Å². The highest BCUT2D eigenvalue weighted by Crippen LogP contribution is 2.21. The maximum absolute atomic E-state index is 12.4. The molecular weight excluding hydrogens is 278 g/mol. The fourth-order valence-electron chi connectivity index (χ4n) is 2.22. The quantitative estimate of drug-likeness (QED) is 0.892. The van der Waals surface area contributed by atoms with Crippen molar-refractivity contribution in [1.82, 2.24) is 24.9 Å². The lowest BCUT2D eigenvalue weighted by molar-refractivity contribution is 0.574. The zero-order valence-corrected chi connectivity index (χ0v) is 12.7. The number of aryl methyl sites for hydroxylation is 4. The van der Waals surface area contributed by atoms with Gasteiger partial charge in [-0.2, -0.15) is 0 Å².